The molecule has 1 atom stereocenters. The lowest BCUT2D eigenvalue weighted by Gasteiger charge is -2.35. The van der Waals surface area contributed by atoms with E-state index in [0.717, 1.165) is 60.2 Å². The van der Waals surface area contributed by atoms with Crippen molar-refractivity contribution >= 4 is 0 Å². The summed E-state index contributed by atoms with van der Waals surface area (Å²) in [7, 11) is 5.09. The summed E-state index contributed by atoms with van der Waals surface area (Å²) in [6.07, 6.45) is 4.80. The number of methoxy groups -OCH3 is 3. The van der Waals surface area contributed by atoms with Gasteiger partial charge in [0.25, 0.3) is 0 Å². The Labute approximate surface area is 167 Å². The zero-order valence-corrected chi connectivity index (χ0v) is 17.7. The van der Waals surface area contributed by atoms with Gasteiger partial charge in [-0.15, -0.1) is 0 Å². The molecule has 0 saturated carbocycles. The van der Waals surface area contributed by atoms with Crippen molar-refractivity contribution in [2.24, 2.45) is 0 Å². The van der Waals surface area contributed by atoms with Gasteiger partial charge in [-0.2, -0.15) is 0 Å². The number of likely N-dealkylation sites (tertiary alicyclic amines) is 1. The summed E-state index contributed by atoms with van der Waals surface area (Å²) >= 11 is 0. The van der Waals surface area contributed by atoms with Gasteiger partial charge in [0.15, 0.2) is 0 Å². The Kier molecular flexibility index (Phi) is 6.97. The van der Waals surface area contributed by atoms with Crippen LogP contribution in [-0.2, 0) is 11.3 Å². The molecule has 1 aliphatic heterocycles. The second-order valence-corrected chi connectivity index (χ2v) is 7.40. The molecule has 6 nitrogen and oxygen atoms in total. The highest BCUT2D eigenvalue weighted by Gasteiger charge is 2.25. The molecule has 2 aromatic rings. The first-order valence-electron chi connectivity index (χ1n) is 10.00. The molecule has 3 rings (SSSR count). The van der Waals surface area contributed by atoms with Gasteiger partial charge in [-0.1, -0.05) is 6.42 Å². The van der Waals surface area contributed by atoms with Crippen LogP contribution in [0.2, 0.25) is 0 Å². The van der Waals surface area contributed by atoms with Crippen LogP contribution in [0.1, 0.15) is 42.7 Å². The Hall–Kier alpha value is -2.05. The highest BCUT2D eigenvalue weighted by molar-refractivity contribution is 5.68. The van der Waals surface area contributed by atoms with E-state index in [-0.39, 0.29) is 0 Å². The molecule has 1 aliphatic rings. The van der Waals surface area contributed by atoms with Crippen LogP contribution in [-0.4, -0.2) is 50.4 Å². The molecule has 6 heteroatoms. The van der Waals surface area contributed by atoms with Crippen molar-refractivity contribution in [2.75, 3.05) is 34.5 Å². The Morgan fingerprint density at radius 3 is 2.68 bits per heavy atom. The molecular weight excluding hydrogens is 356 g/mol. The van der Waals surface area contributed by atoms with E-state index in [9.17, 15) is 0 Å². The summed E-state index contributed by atoms with van der Waals surface area (Å²) in [6, 6.07) is 4.42. The average molecular weight is 389 g/mol. The normalized spacial score (nSPS) is 17.7. The Balaban J connectivity index is 1.84. The van der Waals surface area contributed by atoms with Crippen LogP contribution < -0.4 is 9.47 Å². The molecule has 1 saturated heterocycles. The number of piperidine rings is 1. The second-order valence-electron chi connectivity index (χ2n) is 7.40. The molecule has 0 unspecified atom stereocenters. The first kappa shape index (κ1) is 20.7. The third kappa shape index (κ3) is 4.33. The highest BCUT2D eigenvalue weighted by atomic mass is 16.5. The van der Waals surface area contributed by atoms with E-state index in [1.165, 1.54) is 19.3 Å². The van der Waals surface area contributed by atoms with E-state index >= 15 is 0 Å². The molecule has 154 valence electrons. The summed E-state index contributed by atoms with van der Waals surface area (Å²) in [5.41, 5.74) is 2.79. The number of oxazole rings is 1. The molecule has 0 spiro atoms. The summed E-state index contributed by atoms with van der Waals surface area (Å²) in [5.74, 6) is 2.99. The van der Waals surface area contributed by atoms with Gasteiger partial charge in [-0.3, -0.25) is 4.90 Å². The van der Waals surface area contributed by atoms with Gasteiger partial charge in [0.1, 0.15) is 17.3 Å². The molecule has 0 amide bonds. The van der Waals surface area contributed by atoms with Gasteiger partial charge < -0.3 is 18.6 Å². The van der Waals surface area contributed by atoms with Crippen molar-refractivity contribution in [3.05, 3.63) is 29.2 Å². The third-order valence-corrected chi connectivity index (χ3v) is 5.66. The van der Waals surface area contributed by atoms with Crippen molar-refractivity contribution in [1.82, 2.24) is 9.88 Å². The molecule has 0 aliphatic carbocycles. The summed E-state index contributed by atoms with van der Waals surface area (Å²) in [5, 5.41) is 0. The van der Waals surface area contributed by atoms with Crippen LogP contribution in [0.3, 0.4) is 0 Å². The monoisotopic (exact) mass is 388 g/mol. The topological polar surface area (TPSA) is 57.0 Å². The number of aryl methyl sites for hydroxylation is 1. The van der Waals surface area contributed by atoms with E-state index in [1.807, 2.05) is 26.0 Å². The van der Waals surface area contributed by atoms with Gasteiger partial charge >= 0.3 is 0 Å². The lowest BCUT2D eigenvalue weighted by atomic mass is 9.99. The maximum absolute atomic E-state index is 6.05. The van der Waals surface area contributed by atoms with E-state index in [1.54, 1.807) is 21.3 Å². The summed E-state index contributed by atoms with van der Waals surface area (Å²) in [4.78, 5) is 7.36. The number of nitrogens with zero attached hydrogens (tertiary/aromatic N) is 2. The number of benzene rings is 1. The first-order valence-corrected chi connectivity index (χ1v) is 10.00. The smallest absolute Gasteiger partial charge is 0.230 e. The van der Waals surface area contributed by atoms with Crippen molar-refractivity contribution in [1.29, 1.82) is 0 Å². The Morgan fingerprint density at radius 1 is 1.14 bits per heavy atom. The Morgan fingerprint density at radius 2 is 1.96 bits per heavy atom. The van der Waals surface area contributed by atoms with Crippen LogP contribution in [0, 0.1) is 13.8 Å². The van der Waals surface area contributed by atoms with Crippen LogP contribution in [0.25, 0.3) is 11.5 Å². The van der Waals surface area contributed by atoms with Crippen molar-refractivity contribution < 1.29 is 18.6 Å². The maximum Gasteiger partial charge on any atom is 0.230 e. The Bertz CT molecular complexity index is 787. The largest absolute Gasteiger partial charge is 0.496 e. The van der Waals surface area contributed by atoms with Gasteiger partial charge in [0.2, 0.25) is 5.89 Å². The van der Waals surface area contributed by atoms with E-state index in [0.29, 0.717) is 11.9 Å². The quantitative estimate of drug-likeness (QED) is 0.669. The molecular formula is C22H32N2O4. The fourth-order valence-electron chi connectivity index (χ4n) is 4.06. The molecule has 28 heavy (non-hydrogen) atoms. The van der Waals surface area contributed by atoms with E-state index in [2.05, 4.69) is 4.90 Å². The fraction of sp³-hybridized carbons (Fsp3) is 0.591. The maximum atomic E-state index is 6.05. The minimum Gasteiger partial charge on any atom is -0.496 e. The molecule has 0 bridgehead atoms. The average Bonchev–Trinajstić information content (AvgIpc) is 3.07. The predicted molar refractivity (Wildman–Crippen MR) is 109 cm³/mol. The van der Waals surface area contributed by atoms with Gasteiger partial charge in [0, 0.05) is 31.9 Å². The molecule has 0 N–H and O–H groups in total. The SMILES string of the molecule is COCC[C@@H]1CCCCN1Cc1nc(-c2ccc(OC)c(C)c2OC)oc1C. The number of hydrogen-bond acceptors (Lipinski definition) is 6. The molecule has 1 fully saturated rings. The second kappa shape index (κ2) is 9.43. The van der Waals surface area contributed by atoms with Crippen molar-refractivity contribution in [2.45, 2.75) is 52.1 Å². The van der Waals surface area contributed by atoms with Crippen molar-refractivity contribution in [3.63, 3.8) is 0 Å². The highest BCUT2D eigenvalue weighted by Crippen LogP contribution is 2.38. The van der Waals surface area contributed by atoms with E-state index in [4.69, 9.17) is 23.6 Å². The van der Waals surface area contributed by atoms with Crippen molar-refractivity contribution in [3.8, 4) is 23.0 Å². The van der Waals surface area contributed by atoms with Crippen LogP contribution in [0.5, 0.6) is 11.5 Å². The zero-order valence-electron chi connectivity index (χ0n) is 17.7. The fourth-order valence-corrected chi connectivity index (χ4v) is 4.06. The standard InChI is InChI=1S/C22H32N2O4/c1-15-20(26-4)10-9-18(21(15)27-5)22-23-19(16(2)28-22)14-24-12-7-6-8-17(24)11-13-25-3/h9-10,17H,6-8,11-14H2,1-5H3/t17-/m0/s1. The predicted octanol–water partition coefficient (Wildman–Crippen LogP) is 4.37. The van der Waals surface area contributed by atoms with Crippen LogP contribution in [0.15, 0.2) is 16.5 Å². The zero-order chi connectivity index (χ0) is 20.1. The lowest BCUT2D eigenvalue weighted by Crippen LogP contribution is -2.39. The molecule has 0 radical (unpaired) electrons. The summed E-state index contributed by atoms with van der Waals surface area (Å²) in [6.45, 7) is 6.67. The third-order valence-electron chi connectivity index (χ3n) is 5.66. The number of aromatic nitrogens is 1. The summed E-state index contributed by atoms with van der Waals surface area (Å²) < 4.78 is 22.4. The lowest BCUT2D eigenvalue weighted by molar-refractivity contribution is 0.0961. The number of hydrogen-bond donors (Lipinski definition) is 0. The minimum absolute atomic E-state index is 0.547. The number of rotatable bonds is 8. The minimum atomic E-state index is 0.547. The number of ether oxygens (including phenoxy) is 3. The van der Waals surface area contributed by atoms with Crippen LogP contribution >= 0.6 is 0 Å². The molecule has 2 heterocycles. The van der Waals surface area contributed by atoms with Gasteiger partial charge in [-0.05, 0) is 51.8 Å². The van der Waals surface area contributed by atoms with Gasteiger partial charge in [0.05, 0.1) is 25.5 Å². The first-order chi connectivity index (χ1) is 13.6. The van der Waals surface area contributed by atoms with E-state index < -0.39 is 0 Å². The van der Waals surface area contributed by atoms with Crippen LogP contribution in [0.4, 0.5) is 0 Å². The molecule has 1 aromatic carbocycles. The van der Waals surface area contributed by atoms with Gasteiger partial charge in [-0.25, -0.2) is 4.98 Å². The molecule has 1 aromatic heterocycles.